The fourth-order valence-corrected chi connectivity index (χ4v) is 3.36. The van der Waals surface area contributed by atoms with E-state index in [1.807, 2.05) is 20.8 Å². The average Bonchev–Trinajstić information content (AvgIpc) is 2.60. The minimum atomic E-state index is -2.49. The molecule has 0 radical (unpaired) electrons. The molecule has 0 rings (SSSR count). The van der Waals surface area contributed by atoms with Crippen LogP contribution in [0.2, 0.25) is 0 Å². The van der Waals surface area contributed by atoms with Crippen LogP contribution >= 0.6 is 0 Å². The Labute approximate surface area is 166 Å². The molecule has 0 amide bonds. The molecule has 0 bridgehead atoms. The van der Waals surface area contributed by atoms with Crippen LogP contribution in [-0.4, -0.2) is 36.1 Å². The third-order valence-electron chi connectivity index (χ3n) is 4.88. The van der Waals surface area contributed by atoms with Crippen molar-refractivity contribution in [3.8, 4) is 0 Å². The number of carboxylic acid groups (broad SMARTS) is 2. The van der Waals surface area contributed by atoms with E-state index in [0.29, 0.717) is 38.5 Å². The van der Waals surface area contributed by atoms with E-state index in [0.717, 1.165) is 6.92 Å². The first-order chi connectivity index (χ1) is 13.1. The maximum Gasteiger partial charge on any atom is 0.323 e. The highest BCUT2D eigenvalue weighted by Gasteiger charge is 2.59. The lowest BCUT2D eigenvalue weighted by molar-refractivity contribution is -0.346. The predicted octanol–water partition coefficient (Wildman–Crippen LogP) is 0.888. The lowest BCUT2D eigenvalue weighted by Gasteiger charge is -2.49. The topological polar surface area (TPSA) is 133 Å². The Balaban J connectivity index is 6.61. The fraction of sp³-hybridized carbons (Fsp3) is 0.800. The molecular weight excluding hydrogens is 368 g/mol. The molecule has 0 N–H and O–H groups in total. The van der Waals surface area contributed by atoms with Crippen molar-refractivity contribution in [2.75, 3.05) is 6.61 Å². The van der Waals surface area contributed by atoms with E-state index in [2.05, 4.69) is 0 Å². The van der Waals surface area contributed by atoms with E-state index in [9.17, 15) is 29.4 Å². The van der Waals surface area contributed by atoms with Crippen molar-refractivity contribution in [1.29, 1.82) is 0 Å². The van der Waals surface area contributed by atoms with E-state index in [-0.39, 0.29) is 19.4 Å². The molecule has 0 aliphatic heterocycles. The number of hydrogen-bond donors (Lipinski definition) is 0. The molecule has 0 aliphatic carbocycles. The van der Waals surface area contributed by atoms with Gasteiger partial charge in [0.15, 0.2) is 0 Å². The van der Waals surface area contributed by atoms with Gasteiger partial charge in [-0.1, -0.05) is 52.9 Å². The summed E-state index contributed by atoms with van der Waals surface area (Å²) in [6, 6.07) is 0. The smallest absolute Gasteiger partial charge is 0.323 e. The molecule has 0 aromatic carbocycles. The summed E-state index contributed by atoms with van der Waals surface area (Å²) < 4.78 is 10.4. The Hall–Kier alpha value is -1.96. The Morgan fingerprint density at radius 3 is 1.71 bits per heavy atom. The second-order valence-electron chi connectivity index (χ2n) is 7.04. The molecule has 0 saturated carbocycles. The summed E-state index contributed by atoms with van der Waals surface area (Å²) in [5.41, 5.74) is -4.37. The normalized spacial score (nSPS) is 13.6. The highest BCUT2D eigenvalue weighted by atomic mass is 16.6. The van der Waals surface area contributed by atoms with Crippen LogP contribution in [0.25, 0.3) is 0 Å². The fourth-order valence-electron chi connectivity index (χ4n) is 3.36. The second kappa shape index (κ2) is 12.5. The van der Waals surface area contributed by atoms with Crippen molar-refractivity contribution in [3.05, 3.63) is 0 Å². The van der Waals surface area contributed by atoms with Crippen molar-refractivity contribution in [1.82, 2.24) is 0 Å². The molecule has 1 atom stereocenters. The summed E-state index contributed by atoms with van der Waals surface area (Å²) in [6.45, 7) is 6.50. The Morgan fingerprint density at radius 2 is 1.36 bits per heavy atom. The lowest BCUT2D eigenvalue weighted by atomic mass is 9.63. The molecule has 0 heterocycles. The molecule has 0 fully saturated rings. The summed E-state index contributed by atoms with van der Waals surface area (Å²) in [6.07, 6.45) is 2.09. The molecule has 162 valence electrons. The van der Waals surface area contributed by atoms with E-state index in [4.69, 9.17) is 9.47 Å². The summed E-state index contributed by atoms with van der Waals surface area (Å²) in [5.74, 6) is -5.50. The van der Waals surface area contributed by atoms with Crippen LogP contribution in [0.5, 0.6) is 0 Å². The number of carbonyl (C=O) groups is 4. The van der Waals surface area contributed by atoms with Crippen molar-refractivity contribution >= 4 is 23.9 Å². The number of carboxylic acids is 2. The van der Waals surface area contributed by atoms with Gasteiger partial charge in [0.1, 0.15) is 11.0 Å². The van der Waals surface area contributed by atoms with Gasteiger partial charge in [-0.3, -0.25) is 9.59 Å². The molecule has 8 heteroatoms. The van der Waals surface area contributed by atoms with E-state index in [1.54, 1.807) is 0 Å². The Morgan fingerprint density at radius 1 is 0.857 bits per heavy atom. The zero-order valence-corrected chi connectivity index (χ0v) is 17.3. The van der Waals surface area contributed by atoms with Gasteiger partial charge < -0.3 is 29.3 Å². The average molecular weight is 400 g/mol. The maximum absolute atomic E-state index is 13.0. The highest BCUT2D eigenvalue weighted by Crippen LogP contribution is 2.47. The van der Waals surface area contributed by atoms with Gasteiger partial charge in [0.05, 0.1) is 5.97 Å². The number of carbonyl (C=O) groups excluding carboxylic acids is 4. The Bertz CT molecular complexity index is 534. The zero-order chi connectivity index (χ0) is 21.8. The van der Waals surface area contributed by atoms with Gasteiger partial charge in [0.25, 0.3) is 0 Å². The standard InChI is InChI=1S/C20H34O8/c1-5-8-11-19(12-9-6-2,18(26)28-15(4)21)20(17(24)25,14-16(22)23)27-13-10-7-3/h5-14H2,1-4H3,(H,22,23)(H,24,25)/p-2. The van der Waals surface area contributed by atoms with Gasteiger partial charge in [0, 0.05) is 25.9 Å². The van der Waals surface area contributed by atoms with Gasteiger partial charge in [0.2, 0.25) is 0 Å². The van der Waals surface area contributed by atoms with Gasteiger partial charge in [-0.05, 0) is 19.3 Å². The maximum atomic E-state index is 13.0. The SMILES string of the molecule is CCCCOC(CC(=O)[O-])(C(=O)[O-])C(CCCC)(CCCC)C(=O)OC(C)=O. The van der Waals surface area contributed by atoms with Gasteiger partial charge in [-0.2, -0.15) is 0 Å². The first kappa shape index (κ1) is 26.0. The summed E-state index contributed by atoms with van der Waals surface area (Å²) in [5, 5.41) is 23.8. The Kier molecular flexibility index (Phi) is 11.6. The molecule has 0 aliphatic rings. The van der Waals surface area contributed by atoms with Crippen molar-refractivity contribution < 1.29 is 38.9 Å². The summed E-state index contributed by atoms with van der Waals surface area (Å²) >= 11 is 0. The quantitative estimate of drug-likeness (QED) is 0.225. The van der Waals surface area contributed by atoms with Crippen LogP contribution in [0.4, 0.5) is 0 Å². The molecule has 0 spiro atoms. The first-order valence-corrected chi connectivity index (χ1v) is 9.91. The minimum absolute atomic E-state index is 0.0109. The lowest BCUT2D eigenvalue weighted by Crippen LogP contribution is -2.66. The van der Waals surface area contributed by atoms with E-state index >= 15 is 0 Å². The molecule has 8 nitrogen and oxygen atoms in total. The van der Waals surface area contributed by atoms with Crippen LogP contribution in [0, 0.1) is 5.41 Å². The van der Waals surface area contributed by atoms with Crippen LogP contribution in [-0.2, 0) is 28.7 Å². The largest absolute Gasteiger partial charge is 0.550 e. The zero-order valence-electron chi connectivity index (χ0n) is 17.3. The molecule has 0 aromatic rings. The van der Waals surface area contributed by atoms with Crippen molar-refractivity contribution in [2.45, 2.75) is 91.1 Å². The van der Waals surface area contributed by atoms with Gasteiger partial charge in [-0.25, -0.2) is 0 Å². The second-order valence-corrected chi connectivity index (χ2v) is 7.04. The summed E-state index contributed by atoms with van der Waals surface area (Å²) in [7, 11) is 0. The number of rotatable bonds is 15. The number of unbranched alkanes of at least 4 members (excludes halogenated alkanes) is 3. The van der Waals surface area contributed by atoms with E-state index in [1.165, 1.54) is 0 Å². The first-order valence-electron chi connectivity index (χ1n) is 9.91. The van der Waals surface area contributed by atoms with Crippen LogP contribution in [0.1, 0.15) is 85.5 Å². The van der Waals surface area contributed by atoms with Gasteiger partial charge >= 0.3 is 11.9 Å². The van der Waals surface area contributed by atoms with Crippen LogP contribution in [0.15, 0.2) is 0 Å². The van der Waals surface area contributed by atoms with Crippen LogP contribution < -0.4 is 10.2 Å². The molecular formula is C20H32O8-2. The van der Waals surface area contributed by atoms with Crippen molar-refractivity contribution in [3.63, 3.8) is 0 Å². The van der Waals surface area contributed by atoms with E-state index < -0.39 is 41.3 Å². The third kappa shape index (κ3) is 6.58. The summed E-state index contributed by atoms with van der Waals surface area (Å²) in [4.78, 5) is 48.3. The molecule has 28 heavy (non-hydrogen) atoms. The van der Waals surface area contributed by atoms with Crippen LogP contribution in [0.3, 0.4) is 0 Å². The number of hydrogen-bond acceptors (Lipinski definition) is 8. The molecule has 1 unspecified atom stereocenters. The highest BCUT2D eigenvalue weighted by molar-refractivity contribution is 5.95. The van der Waals surface area contributed by atoms with Gasteiger partial charge in [-0.15, -0.1) is 0 Å². The molecule has 0 aromatic heterocycles. The predicted molar refractivity (Wildman–Crippen MR) is 96.5 cm³/mol. The number of ether oxygens (including phenoxy) is 2. The minimum Gasteiger partial charge on any atom is -0.550 e. The van der Waals surface area contributed by atoms with Crippen molar-refractivity contribution in [2.24, 2.45) is 5.41 Å². The number of aliphatic carboxylic acids is 2. The molecule has 0 saturated heterocycles. The number of esters is 2. The third-order valence-corrected chi connectivity index (χ3v) is 4.88. The monoisotopic (exact) mass is 400 g/mol.